The second kappa shape index (κ2) is 6.31. The second-order valence-corrected chi connectivity index (χ2v) is 6.31. The fourth-order valence-corrected chi connectivity index (χ4v) is 3.34. The molecular formula is C16H9N2O3S2-. The van der Waals surface area contributed by atoms with E-state index in [1.807, 2.05) is 0 Å². The molecule has 1 aliphatic rings. The fraction of sp³-hybridized carbons (Fsp3) is 0. The van der Waals surface area contributed by atoms with Crippen molar-refractivity contribution in [2.75, 3.05) is 4.90 Å². The normalized spacial score (nSPS) is 16.2. The standard InChI is InChI=1S/C16H10N2O3S2/c19-14-13(8-10-3-5-11(6-4-10)15(20)21)23-16(22)18(14)12-2-1-7-17-9-12/h1-9H,(H,20,21)/p-1/b13-8-. The molecule has 3 rings (SSSR count). The number of rotatable bonds is 3. The van der Waals surface area contributed by atoms with Gasteiger partial charge in [0, 0.05) is 6.20 Å². The van der Waals surface area contributed by atoms with Gasteiger partial charge in [0.2, 0.25) is 0 Å². The first-order valence-corrected chi connectivity index (χ1v) is 7.78. The van der Waals surface area contributed by atoms with Crippen LogP contribution < -0.4 is 10.0 Å². The molecule has 0 bridgehead atoms. The molecule has 1 saturated heterocycles. The second-order valence-electron chi connectivity index (χ2n) is 4.64. The molecule has 0 saturated carbocycles. The number of thioether (sulfide) groups is 1. The van der Waals surface area contributed by atoms with E-state index in [1.165, 1.54) is 28.8 Å². The average molecular weight is 341 g/mol. The van der Waals surface area contributed by atoms with E-state index < -0.39 is 5.97 Å². The van der Waals surface area contributed by atoms with Crippen molar-refractivity contribution in [3.63, 3.8) is 0 Å². The van der Waals surface area contributed by atoms with Gasteiger partial charge in [-0.15, -0.1) is 0 Å². The van der Waals surface area contributed by atoms with Gasteiger partial charge in [-0.2, -0.15) is 0 Å². The minimum absolute atomic E-state index is 0.0880. The molecule has 1 aromatic heterocycles. The molecule has 0 radical (unpaired) electrons. The van der Waals surface area contributed by atoms with Crippen LogP contribution in [-0.4, -0.2) is 21.2 Å². The van der Waals surface area contributed by atoms with E-state index in [0.29, 0.717) is 20.5 Å². The van der Waals surface area contributed by atoms with Gasteiger partial charge in [0.1, 0.15) is 0 Å². The molecule has 0 N–H and O–H groups in total. The van der Waals surface area contributed by atoms with Gasteiger partial charge in [0.05, 0.1) is 22.8 Å². The number of carbonyl (C=O) groups is 2. The van der Waals surface area contributed by atoms with E-state index in [2.05, 4.69) is 4.98 Å². The van der Waals surface area contributed by atoms with Crippen LogP contribution in [0.3, 0.4) is 0 Å². The quantitative estimate of drug-likeness (QED) is 0.627. The SMILES string of the molecule is O=C([O-])c1ccc(/C=C2\SC(=S)N(c3cccnc3)C2=O)cc1. The minimum Gasteiger partial charge on any atom is -0.545 e. The van der Waals surface area contributed by atoms with E-state index in [0.717, 1.165) is 0 Å². The van der Waals surface area contributed by atoms with Crippen molar-refractivity contribution in [3.8, 4) is 0 Å². The van der Waals surface area contributed by atoms with Crippen LogP contribution in [0, 0.1) is 0 Å². The third-order valence-electron chi connectivity index (χ3n) is 3.14. The Morgan fingerprint density at radius 2 is 2.00 bits per heavy atom. The van der Waals surface area contributed by atoms with Gasteiger partial charge >= 0.3 is 0 Å². The van der Waals surface area contributed by atoms with Crippen molar-refractivity contribution >= 4 is 51.9 Å². The molecule has 1 aromatic carbocycles. The van der Waals surface area contributed by atoms with Crippen molar-refractivity contribution in [3.05, 3.63) is 64.8 Å². The zero-order chi connectivity index (χ0) is 16.4. The van der Waals surface area contributed by atoms with Crippen LogP contribution in [0.5, 0.6) is 0 Å². The summed E-state index contributed by atoms with van der Waals surface area (Å²) in [6.07, 6.45) is 4.87. The lowest BCUT2D eigenvalue weighted by atomic mass is 10.1. The Morgan fingerprint density at radius 3 is 2.61 bits per heavy atom. The molecule has 2 aromatic rings. The number of aromatic carboxylic acids is 1. The van der Waals surface area contributed by atoms with Crippen LogP contribution in [0.1, 0.15) is 15.9 Å². The van der Waals surface area contributed by atoms with Gasteiger partial charge < -0.3 is 9.90 Å². The largest absolute Gasteiger partial charge is 0.545 e. The average Bonchev–Trinajstić information content (AvgIpc) is 2.82. The summed E-state index contributed by atoms with van der Waals surface area (Å²) in [6, 6.07) is 9.58. The molecule has 1 fully saturated rings. The van der Waals surface area contributed by atoms with Gasteiger partial charge in [-0.25, -0.2) is 0 Å². The van der Waals surface area contributed by atoms with Gasteiger partial charge in [0.25, 0.3) is 5.91 Å². The zero-order valence-corrected chi connectivity index (χ0v) is 13.3. The number of anilines is 1. The number of hydrogen-bond acceptors (Lipinski definition) is 6. The van der Waals surface area contributed by atoms with Crippen LogP contribution in [0.4, 0.5) is 5.69 Å². The van der Waals surface area contributed by atoms with Gasteiger partial charge in [-0.05, 0) is 29.3 Å². The molecule has 5 nitrogen and oxygen atoms in total. The number of thiocarbonyl (C=S) groups is 1. The number of carbonyl (C=O) groups excluding carboxylic acids is 2. The summed E-state index contributed by atoms with van der Waals surface area (Å²) in [5, 5.41) is 10.7. The van der Waals surface area contributed by atoms with Crippen LogP contribution in [0.2, 0.25) is 0 Å². The maximum absolute atomic E-state index is 12.5. The Labute approximate surface area is 141 Å². The van der Waals surface area contributed by atoms with Crippen molar-refractivity contribution in [2.24, 2.45) is 0 Å². The molecule has 1 amide bonds. The first kappa shape index (κ1) is 15.4. The summed E-state index contributed by atoms with van der Waals surface area (Å²) < 4.78 is 0.431. The van der Waals surface area contributed by atoms with Gasteiger partial charge in [0.15, 0.2) is 4.32 Å². The number of amides is 1. The molecule has 0 atom stereocenters. The molecular weight excluding hydrogens is 332 g/mol. The van der Waals surface area contributed by atoms with Crippen LogP contribution in [-0.2, 0) is 4.79 Å². The monoisotopic (exact) mass is 341 g/mol. The lowest BCUT2D eigenvalue weighted by molar-refractivity contribution is -0.255. The first-order chi connectivity index (χ1) is 11.1. The van der Waals surface area contributed by atoms with Crippen molar-refractivity contribution in [2.45, 2.75) is 0 Å². The molecule has 2 heterocycles. The third-order valence-corrected chi connectivity index (χ3v) is 4.44. The first-order valence-electron chi connectivity index (χ1n) is 6.55. The van der Waals surface area contributed by atoms with E-state index in [4.69, 9.17) is 12.2 Å². The molecule has 0 unspecified atom stereocenters. The highest BCUT2D eigenvalue weighted by molar-refractivity contribution is 8.27. The molecule has 1 aliphatic heterocycles. The lowest BCUT2D eigenvalue weighted by Gasteiger charge is -2.13. The number of benzene rings is 1. The summed E-state index contributed by atoms with van der Waals surface area (Å²) in [4.78, 5) is 29.1. The van der Waals surface area contributed by atoms with Crippen LogP contribution in [0.25, 0.3) is 6.08 Å². The van der Waals surface area contributed by atoms with Crippen LogP contribution in [0.15, 0.2) is 53.7 Å². The summed E-state index contributed by atoms with van der Waals surface area (Å²) >= 11 is 6.46. The highest BCUT2D eigenvalue weighted by atomic mass is 32.2. The number of pyridine rings is 1. The highest BCUT2D eigenvalue weighted by Gasteiger charge is 2.33. The molecule has 0 aliphatic carbocycles. The Kier molecular flexibility index (Phi) is 4.22. The van der Waals surface area contributed by atoms with Crippen molar-refractivity contribution in [1.29, 1.82) is 0 Å². The Morgan fingerprint density at radius 1 is 1.26 bits per heavy atom. The summed E-state index contributed by atoms with van der Waals surface area (Å²) in [5.74, 6) is -1.46. The number of carboxylic acid groups (broad SMARTS) is 1. The topological polar surface area (TPSA) is 73.3 Å². The predicted octanol–water partition coefficient (Wildman–Crippen LogP) is 1.85. The van der Waals surface area contributed by atoms with Crippen molar-refractivity contribution < 1.29 is 14.7 Å². The minimum atomic E-state index is -1.24. The van der Waals surface area contributed by atoms with E-state index in [9.17, 15) is 14.7 Å². The summed E-state index contributed by atoms with van der Waals surface area (Å²) in [7, 11) is 0. The van der Waals surface area contributed by atoms with Gasteiger partial charge in [-0.3, -0.25) is 14.7 Å². The summed E-state index contributed by atoms with van der Waals surface area (Å²) in [6.45, 7) is 0. The lowest BCUT2D eigenvalue weighted by Crippen LogP contribution is -2.27. The maximum atomic E-state index is 12.5. The molecule has 23 heavy (non-hydrogen) atoms. The van der Waals surface area contributed by atoms with E-state index in [1.54, 1.807) is 42.7 Å². The number of nitrogens with zero attached hydrogens (tertiary/aromatic N) is 2. The van der Waals surface area contributed by atoms with E-state index in [-0.39, 0.29) is 11.5 Å². The van der Waals surface area contributed by atoms with Crippen molar-refractivity contribution in [1.82, 2.24) is 4.98 Å². The van der Waals surface area contributed by atoms with E-state index >= 15 is 0 Å². The number of aromatic nitrogens is 1. The zero-order valence-electron chi connectivity index (χ0n) is 11.6. The predicted molar refractivity (Wildman–Crippen MR) is 90.7 cm³/mol. The molecule has 7 heteroatoms. The highest BCUT2D eigenvalue weighted by Crippen LogP contribution is 2.35. The Balaban J connectivity index is 1.88. The molecule has 114 valence electrons. The maximum Gasteiger partial charge on any atom is 0.270 e. The number of carboxylic acids is 1. The third kappa shape index (κ3) is 3.15. The Hall–Kier alpha value is -2.51. The van der Waals surface area contributed by atoms with Gasteiger partial charge in [-0.1, -0.05) is 48.2 Å². The Bertz CT molecular complexity index is 817. The smallest absolute Gasteiger partial charge is 0.270 e. The van der Waals surface area contributed by atoms with Crippen LogP contribution >= 0.6 is 24.0 Å². The summed E-state index contributed by atoms with van der Waals surface area (Å²) in [5.41, 5.74) is 1.41. The fourth-order valence-electron chi connectivity index (χ4n) is 2.04. The number of hydrogen-bond donors (Lipinski definition) is 0. The molecule has 0 spiro atoms.